The fourth-order valence-electron chi connectivity index (χ4n) is 1.16. The van der Waals surface area contributed by atoms with Gasteiger partial charge in [0.2, 0.25) is 0 Å². The van der Waals surface area contributed by atoms with Crippen molar-refractivity contribution in [3.05, 3.63) is 0 Å². The van der Waals surface area contributed by atoms with Crippen LogP contribution in [-0.2, 0) is 0 Å². The van der Waals surface area contributed by atoms with Crippen molar-refractivity contribution in [2.24, 2.45) is 5.41 Å². The SMILES string of the molecule is CC(C)(C)CCCNC(=O)NCCCO. The highest BCUT2D eigenvalue weighted by Gasteiger charge is 2.09. The fraction of sp³-hybridized carbons (Fsp3) is 0.909. The van der Waals surface area contributed by atoms with Gasteiger partial charge in [0.05, 0.1) is 0 Å². The second-order valence-corrected chi connectivity index (χ2v) is 4.92. The van der Waals surface area contributed by atoms with Crippen molar-refractivity contribution in [1.29, 1.82) is 0 Å². The Hall–Kier alpha value is -0.770. The van der Waals surface area contributed by atoms with Crippen molar-refractivity contribution in [3.63, 3.8) is 0 Å². The van der Waals surface area contributed by atoms with Crippen LogP contribution in [0.2, 0.25) is 0 Å². The van der Waals surface area contributed by atoms with Crippen LogP contribution >= 0.6 is 0 Å². The molecule has 0 saturated heterocycles. The number of urea groups is 1. The average molecular weight is 216 g/mol. The number of aliphatic hydroxyl groups excluding tert-OH is 1. The molecule has 0 fully saturated rings. The third-order valence-electron chi connectivity index (χ3n) is 2.01. The van der Waals surface area contributed by atoms with Gasteiger partial charge in [-0.1, -0.05) is 20.8 Å². The van der Waals surface area contributed by atoms with E-state index in [2.05, 4.69) is 31.4 Å². The predicted molar refractivity (Wildman–Crippen MR) is 61.8 cm³/mol. The number of aliphatic hydroxyl groups is 1. The Morgan fingerprint density at radius 2 is 1.67 bits per heavy atom. The van der Waals surface area contributed by atoms with Crippen LogP contribution in [0.5, 0.6) is 0 Å². The van der Waals surface area contributed by atoms with Crippen LogP contribution in [-0.4, -0.2) is 30.8 Å². The minimum absolute atomic E-state index is 0.115. The third-order valence-corrected chi connectivity index (χ3v) is 2.01. The van der Waals surface area contributed by atoms with E-state index in [1.807, 2.05) is 0 Å². The van der Waals surface area contributed by atoms with Gasteiger partial charge in [-0.25, -0.2) is 4.79 Å². The van der Waals surface area contributed by atoms with Gasteiger partial charge >= 0.3 is 6.03 Å². The summed E-state index contributed by atoms with van der Waals surface area (Å²) in [6.07, 6.45) is 2.70. The molecular weight excluding hydrogens is 192 g/mol. The van der Waals surface area contributed by atoms with Gasteiger partial charge in [0.15, 0.2) is 0 Å². The highest BCUT2D eigenvalue weighted by atomic mass is 16.3. The molecule has 0 saturated carbocycles. The predicted octanol–water partition coefficient (Wildman–Crippen LogP) is 1.49. The Kier molecular flexibility index (Phi) is 7.13. The monoisotopic (exact) mass is 216 g/mol. The molecule has 0 aromatic carbocycles. The summed E-state index contributed by atoms with van der Waals surface area (Å²) in [4.78, 5) is 11.1. The van der Waals surface area contributed by atoms with Crippen molar-refractivity contribution < 1.29 is 9.90 Å². The van der Waals surface area contributed by atoms with Crippen molar-refractivity contribution in [2.75, 3.05) is 19.7 Å². The molecule has 0 radical (unpaired) electrons. The van der Waals surface area contributed by atoms with Crippen LogP contribution in [0.15, 0.2) is 0 Å². The first-order valence-corrected chi connectivity index (χ1v) is 5.58. The molecule has 0 aliphatic rings. The fourth-order valence-corrected chi connectivity index (χ4v) is 1.16. The van der Waals surface area contributed by atoms with E-state index in [0.29, 0.717) is 24.9 Å². The number of hydrogen-bond donors (Lipinski definition) is 3. The lowest BCUT2D eigenvalue weighted by molar-refractivity contribution is 0.237. The first-order valence-electron chi connectivity index (χ1n) is 5.58. The molecule has 0 rings (SSSR count). The van der Waals surface area contributed by atoms with Gasteiger partial charge in [0.1, 0.15) is 0 Å². The molecule has 0 spiro atoms. The third kappa shape index (κ3) is 11.2. The lowest BCUT2D eigenvalue weighted by Gasteiger charge is -2.17. The Bertz CT molecular complexity index is 176. The summed E-state index contributed by atoms with van der Waals surface area (Å²) in [5, 5.41) is 14.0. The summed E-state index contributed by atoms with van der Waals surface area (Å²) in [7, 11) is 0. The molecule has 0 atom stereocenters. The smallest absolute Gasteiger partial charge is 0.314 e. The zero-order chi connectivity index (χ0) is 11.7. The molecular formula is C11H24N2O2. The molecule has 15 heavy (non-hydrogen) atoms. The van der Waals surface area contributed by atoms with E-state index in [4.69, 9.17) is 5.11 Å². The Morgan fingerprint density at radius 3 is 2.13 bits per heavy atom. The van der Waals surface area contributed by atoms with Gasteiger partial charge in [-0.15, -0.1) is 0 Å². The summed E-state index contributed by atoms with van der Waals surface area (Å²) in [6, 6.07) is -0.141. The van der Waals surface area contributed by atoms with Crippen LogP contribution < -0.4 is 10.6 Å². The maximum atomic E-state index is 11.1. The van der Waals surface area contributed by atoms with Crippen LogP contribution in [0.25, 0.3) is 0 Å². The molecule has 0 unspecified atom stereocenters. The standard InChI is InChI=1S/C11H24N2O2/c1-11(2,3)6-4-7-12-10(15)13-8-5-9-14/h14H,4-9H2,1-3H3,(H2,12,13,15). The summed E-state index contributed by atoms with van der Waals surface area (Å²) in [5.41, 5.74) is 0.328. The molecule has 0 aliphatic carbocycles. The maximum absolute atomic E-state index is 11.1. The summed E-state index contributed by atoms with van der Waals surface area (Å²) < 4.78 is 0. The molecule has 2 amide bonds. The minimum Gasteiger partial charge on any atom is -0.396 e. The number of nitrogens with one attached hydrogen (secondary N) is 2. The Labute approximate surface area is 92.4 Å². The van der Waals surface area contributed by atoms with Gasteiger partial charge in [-0.2, -0.15) is 0 Å². The minimum atomic E-state index is -0.141. The Morgan fingerprint density at radius 1 is 1.13 bits per heavy atom. The quantitative estimate of drug-likeness (QED) is 0.589. The van der Waals surface area contributed by atoms with Crippen LogP contribution in [0.1, 0.15) is 40.0 Å². The Balaban J connectivity index is 3.32. The van der Waals surface area contributed by atoms with E-state index in [1.54, 1.807) is 0 Å². The van der Waals surface area contributed by atoms with Crippen molar-refractivity contribution in [1.82, 2.24) is 10.6 Å². The molecule has 0 aromatic rings. The number of carbonyl (C=O) groups excluding carboxylic acids is 1. The van der Waals surface area contributed by atoms with Gasteiger partial charge < -0.3 is 15.7 Å². The van der Waals surface area contributed by atoms with Crippen LogP contribution in [0, 0.1) is 5.41 Å². The first-order chi connectivity index (χ1) is 6.95. The van der Waals surface area contributed by atoms with E-state index in [0.717, 1.165) is 12.8 Å². The van der Waals surface area contributed by atoms with E-state index in [9.17, 15) is 4.79 Å². The number of carbonyl (C=O) groups is 1. The number of rotatable bonds is 6. The molecule has 0 aromatic heterocycles. The van der Waals surface area contributed by atoms with Crippen LogP contribution in [0.3, 0.4) is 0 Å². The topological polar surface area (TPSA) is 61.4 Å². The van der Waals surface area contributed by atoms with E-state index in [-0.39, 0.29) is 12.6 Å². The van der Waals surface area contributed by atoms with Gasteiger partial charge in [0.25, 0.3) is 0 Å². The van der Waals surface area contributed by atoms with E-state index in [1.165, 1.54) is 0 Å². The van der Waals surface area contributed by atoms with Crippen molar-refractivity contribution in [3.8, 4) is 0 Å². The van der Waals surface area contributed by atoms with Crippen molar-refractivity contribution in [2.45, 2.75) is 40.0 Å². The molecule has 4 nitrogen and oxygen atoms in total. The average Bonchev–Trinajstić information content (AvgIpc) is 2.11. The molecule has 90 valence electrons. The number of amides is 2. The number of hydrogen-bond acceptors (Lipinski definition) is 2. The van der Waals surface area contributed by atoms with Gasteiger partial charge in [-0.05, 0) is 24.7 Å². The largest absolute Gasteiger partial charge is 0.396 e. The molecule has 4 heteroatoms. The molecule has 3 N–H and O–H groups in total. The van der Waals surface area contributed by atoms with E-state index < -0.39 is 0 Å². The second-order valence-electron chi connectivity index (χ2n) is 4.92. The summed E-state index contributed by atoms with van der Waals surface area (Å²) >= 11 is 0. The van der Waals surface area contributed by atoms with Crippen LogP contribution in [0.4, 0.5) is 4.79 Å². The lowest BCUT2D eigenvalue weighted by Crippen LogP contribution is -2.36. The normalized spacial score (nSPS) is 11.2. The second kappa shape index (κ2) is 7.51. The van der Waals surface area contributed by atoms with E-state index >= 15 is 0 Å². The molecule has 0 aliphatic heterocycles. The molecule has 0 heterocycles. The molecule has 0 bridgehead atoms. The zero-order valence-electron chi connectivity index (χ0n) is 10.1. The first kappa shape index (κ1) is 14.2. The van der Waals surface area contributed by atoms with Gasteiger partial charge in [0, 0.05) is 19.7 Å². The summed E-state index contributed by atoms with van der Waals surface area (Å²) in [6.45, 7) is 7.92. The maximum Gasteiger partial charge on any atom is 0.314 e. The van der Waals surface area contributed by atoms with Crippen molar-refractivity contribution >= 4 is 6.03 Å². The zero-order valence-corrected chi connectivity index (χ0v) is 10.1. The van der Waals surface area contributed by atoms with Gasteiger partial charge in [-0.3, -0.25) is 0 Å². The summed E-state index contributed by atoms with van der Waals surface area (Å²) in [5.74, 6) is 0. The highest BCUT2D eigenvalue weighted by Crippen LogP contribution is 2.19. The lowest BCUT2D eigenvalue weighted by atomic mass is 9.91. The highest BCUT2D eigenvalue weighted by molar-refractivity contribution is 5.73.